The van der Waals surface area contributed by atoms with E-state index < -0.39 is 5.97 Å². The molecule has 1 aliphatic rings. The van der Waals surface area contributed by atoms with Crippen LogP contribution < -0.4 is 15.6 Å². The van der Waals surface area contributed by atoms with E-state index in [0.29, 0.717) is 41.2 Å². The Morgan fingerprint density at radius 3 is 2.57 bits per heavy atom. The summed E-state index contributed by atoms with van der Waals surface area (Å²) in [4.78, 5) is 32.0. The minimum Gasteiger partial charge on any atom is -0.478 e. The van der Waals surface area contributed by atoms with Gasteiger partial charge in [0.25, 0.3) is 0 Å². The molecule has 0 aliphatic carbocycles. The summed E-state index contributed by atoms with van der Waals surface area (Å²) in [5.41, 5.74) is 3.96. The number of carboxylic acids is 1. The number of aromatic nitrogens is 1. The predicted octanol–water partition coefficient (Wildman–Crippen LogP) is 5.18. The van der Waals surface area contributed by atoms with Gasteiger partial charge in [0.05, 0.1) is 30.2 Å². The lowest BCUT2D eigenvalue weighted by atomic mass is 9.98. The molecule has 4 aromatic rings. The van der Waals surface area contributed by atoms with Gasteiger partial charge in [0, 0.05) is 41.7 Å². The van der Waals surface area contributed by atoms with Gasteiger partial charge in [-0.25, -0.2) is 9.78 Å². The number of aromatic carboxylic acids is 1. The fraction of sp³-hybridized carbons (Fsp3) is 0.276. The molecular formula is C29H29N3O5. The number of hydrogen-bond donors (Lipinski definition) is 2. The van der Waals surface area contributed by atoms with Crippen molar-refractivity contribution in [3.8, 4) is 11.3 Å². The Bertz CT molecular complexity index is 1520. The van der Waals surface area contributed by atoms with Crippen LogP contribution in [0.15, 0.2) is 63.9 Å². The van der Waals surface area contributed by atoms with E-state index in [0.717, 1.165) is 35.6 Å². The molecule has 5 rings (SSSR count). The van der Waals surface area contributed by atoms with Gasteiger partial charge in [-0.05, 0) is 56.7 Å². The lowest BCUT2D eigenvalue weighted by Crippen LogP contribution is -2.36. The molecule has 0 amide bonds. The highest BCUT2D eigenvalue weighted by atomic mass is 16.5. The number of pyridine rings is 1. The van der Waals surface area contributed by atoms with Crippen LogP contribution in [0.5, 0.6) is 0 Å². The van der Waals surface area contributed by atoms with Crippen LogP contribution in [-0.4, -0.2) is 42.4 Å². The molecule has 37 heavy (non-hydrogen) atoms. The zero-order valence-electron chi connectivity index (χ0n) is 21.1. The number of nitrogens with one attached hydrogen (secondary N) is 1. The highest BCUT2D eigenvalue weighted by Crippen LogP contribution is 2.33. The smallest absolute Gasteiger partial charge is 0.337 e. The van der Waals surface area contributed by atoms with Crippen LogP contribution in [-0.2, 0) is 4.74 Å². The summed E-state index contributed by atoms with van der Waals surface area (Å²) in [6.45, 7) is 8.54. The second-order valence-corrected chi connectivity index (χ2v) is 9.34. The Kier molecular flexibility index (Phi) is 6.67. The number of hydrogen-bond acceptors (Lipinski definition) is 7. The lowest BCUT2D eigenvalue weighted by Gasteiger charge is -2.27. The van der Waals surface area contributed by atoms with E-state index in [2.05, 4.69) is 15.2 Å². The Morgan fingerprint density at radius 2 is 1.86 bits per heavy atom. The van der Waals surface area contributed by atoms with E-state index in [1.54, 1.807) is 37.4 Å². The average molecular weight is 500 g/mol. The van der Waals surface area contributed by atoms with Gasteiger partial charge >= 0.3 is 5.97 Å². The Morgan fingerprint density at radius 1 is 1.11 bits per heavy atom. The van der Waals surface area contributed by atoms with E-state index in [9.17, 15) is 14.7 Å². The van der Waals surface area contributed by atoms with Crippen LogP contribution in [0, 0.1) is 13.8 Å². The molecule has 0 bridgehead atoms. The van der Waals surface area contributed by atoms with E-state index >= 15 is 0 Å². The Labute approximate surface area is 214 Å². The minimum absolute atomic E-state index is 0.100. The fourth-order valence-electron chi connectivity index (χ4n) is 4.77. The van der Waals surface area contributed by atoms with Crippen LogP contribution >= 0.6 is 0 Å². The normalized spacial score (nSPS) is 14.5. The van der Waals surface area contributed by atoms with Crippen molar-refractivity contribution in [1.29, 1.82) is 0 Å². The van der Waals surface area contributed by atoms with Crippen molar-refractivity contribution in [2.24, 2.45) is 0 Å². The van der Waals surface area contributed by atoms with Crippen molar-refractivity contribution in [2.45, 2.75) is 26.8 Å². The zero-order valence-corrected chi connectivity index (χ0v) is 21.1. The van der Waals surface area contributed by atoms with Crippen LogP contribution in [0.2, 0.25) is 0 Å². The number of benzene rings is 2. The molecule has 8 nitrogen and oxygen atoms in total. The van der Waals surface area contributed by atoms with Gasteiger partial charge in [-0.1, -0.05) is 18.2 Å². The van der Waals surface area contributed by atoms with Gasteiger partial charge in [0.1, 0.15) is 17.2 Å². The molecule has 0 radical (unpaired) electrons. The van der Waals surface area contributed by atoms with Gasteiger partial charge in [-0.2, -0.15) is 0 Å². The summed E-state index contributed by atoms with van der Waals surface area (Å²) >= 11 is 0. The first-order valence-corrected chi connectivity index (χ1v) is 12.3. The second kappa shape index (κ2) is 10.1. The highest BCUT2D eigenvalue weighted by molar-refractivity contribution is 5.94. The van der Waals surface area contributed by atoms with Crippen molar-refractivity contribution in [3.63, 3.8) is 0 Å². The Hall–Kier alpha value is -4.17. The molecule has 0 saturated carbocycles. The first-order valence-electron chi connectivity index (χ1n) is 12.3. The van der Waals surface area contributed by atoms with Crippen LogP contribution in [0.4, 0.5) is 11.5 Å². The first-order chi connectivity index (χ1) is 17.8. The quantitative estimate of drug-likeness (QED) is 0.374. The van der Waals surface area contributed by atoms with E-state index in [1.165, 1.54) is 0 Å². The molecule has 2 aromatic carbocycles. The number of carbonyl (C=O) groups is 1. The lowest BCUT2D eigenvalue weighted by molar-refractivity contribution is 0.0698. The minimum atomic E-state index is -1.01. The SMILES string of the molecule is Cc1cc(C(C)Nc2ccccc2C(=O)O)c2oc(-c3ccc(N4CCOCC4)nc3)c(C)c(=O)c2c1. The van der Waals surface area contributed by atoms with Gasteiger partial charge in [-0.15, -0.1) is 0 Å². The maximum absolute atomic E-state index is 13.5. The molecule has 1 aliphatic heterocycles. The molecule has 8 heteroatoms. The summed E-state index contributed by atoms with van der Waals surface area (Å²) in [5, 5.41) is 13.4. The number of rotatable bonds is 6. The number of aryl methyl sites for hydroxylation is 1. The number of para-hydroxylation sites is 1. The molecule has 1 atom stereocenters. The molecule has 2 N–H and O–H groups in total. The standard InChI is InChI=1S/C29H29N3O5/c1-17-14-22(19(3)31-24-7-5-4-6-21(24)29(34)35)28-23(15-17)26(33)18(2)27(37-28)20-8-9-25(30-16-20)32-10-12-36-13-11-32/h4-9,14-16,19,31H,10-13H2,1-3H3,(H,34,35). The summed E-state index contributed by atoms with van der Waals surface area (Å²) in [7, 11) is 0. The van der Waals surface area contributed by atoms with Gasteiger partial charge in [-0.3, -0.25) is 4.79 Å². The summed E-state index contributed by atoms with van der Waals surface area (Å²) in [6, 6.07) is 14.1. The van der Waals surface area contributed by atoms with Crippen molar-refractivity contribution in [1.82, 2.24) is 4.98 Å². The number of nitrogens with zero attached hydrogens (tertiary/aromatic N) is 2. The van der Waals surface area contributed by atoms with Crippen LogP contribution in [0.25, 0.3) is 22.3 Å². The predicted molar refractivity (Wildman–Crippen MR) is 144 cm³/mol. The van der Waals surface area contributed by atoms with Crippen molar-refractivity contribution >= 4 is 28.4 Å². The van der Waals surface area contributed by atoms with Gasteiger partial charge in [0.2, 0.25) is 0 Å². The molecule has 1 saturated heterocycles. The summed E-state index contributed by atoms with van der Waals surface area (Å²) in [6.07, 6.45) is 1.74. The average Bonchev–Trinajstić information content (AvgIpc) is 2.91. The molecular weight excluding hydrogens is 470 g/mol. The molecule has 1 unspecified atom stereocenters. The van der Waals surface area contributed by atoms with E-state index in [1.807, 2.05) is 38.1 Å². The number of morpholine rings is 1. The highest BCUT2D eigenvalue weighted by Gasteiger charge is 2.21. The molecule has 1 fully saturated rings. The van der Waals surface area contributed by atoms with Gasteiger partial charge in [0.15, 0.2) is 5.43 Å². The van der Waals surface area contributed by atoms with E-state index in [4.69, 9.17) is 9.15 Å². The molecule has 190 valence electrons. The topological polar surface area (TPSA) is 105 Å². The van der Waals surface area contributed by atoms with Crippen LogP contribution in [0.1, 0.15) is 40.0 Å². The number of carboxylic acid groups (broad SMARTS) is 1. The molecule has 0 spiro atoms. The fourth-order valence-corrected chi connectivity index (χ4v) is 4.77. The number of fused-ring (bicyclic) bond motifs is 1. The third-order valence-electron chi connectivity index (χ3n) is 6.73. The third kappa shape index (κ3) is 4.80. The molecule has 2 aromatic heterocycles. The van der Waals surface area contributed by atoms with E-state index in [-0.39, 0.29) is 17.0 Å². The van der Waals surface area contributed by atoms with Crippen molar-refractivity contribution in [2.75, 3.05) is 36.5 Å². The van der Waals surface area contributed by atoms with Gasteiger partial charge < -0.3 is 24.5 Å². The zero-order chi connectivity index (χ0) is 26.1. The van der Waals surface area contributed by atoms with Crippen LogP contribution in [0.3, 0.4) is 0 Å². The maximum atomic E-state index is 13.5. The largest absolute Gasteiger partial charge is 0.478 e. The summed E-state index contributed by atoms with van der Waals surface area (Å²) in [5.74, 6) is 0.322. The first kappa shape index (κ1) is 24.5. The summed E-state index contributed by atoms with van der Waals surface area (Å²) < 4.78 is 11.9. The van der Waals surface area contributed by atoms with Crippen molar-refractivity contribution < 1.29 is 19.1 Å². The second-order valence-electron chi connectivity index (χ2n) is 9.34. The number of ether oxygens (including phenoxy) is 1. The third-order valence-corrected chi connectivity index (χ3v) is 6.73. The Balaban J connectivity index is 1.57. The van der Waals surface area contributed by atoms with Crippen molar-refractivity contribution in [3.05, 3.63) is 87.2 Å². The number of anilines is 2. The monoisotopic (exact) mass is 499 g/mol. The molecule has 3 heterocycles. The maximum Gasteiger partial charge on any atom is 0.337 e.